The second kappa shape index (κ2) is 8.48. The summed E-state index contributed by atoms with van der Waals surface area (Å²) in [5.41, 5.74) is 13.8. The van der Waals surface area contributed by atoms with Gasteiger partial charge in [-0.1, -0.05) is 61.6 Å². The third-order valence-corrected chi connectivity index (χ3v) is 5.84. The highest BCUT2D eigenvalue weighted by atomic mass is 32.2. The lowest BCUT2D eigenvalue weighted by molar-refractivity contribution is 0.346. The molecule has 3 aromatic rings. The van der Waals surface area contributed by atoms with Crippen molar-refractivity contribution >= 4 is 22.6 Å². The van der Waals surface area contributed by atoms with Gasteiger partial charge in [0, 0.05) is 24.2 Å². The summed E-state index contributed by atoms with van der Waals surface area (Å²) in [5.74, 6) is 1.46. The first-order valence-electron chi connectivity index (χ1n) is 9.12. The molecule has 0 aliphatic heterocycles. The summed E-state index contributed by atoms with van der Waals surface area (Å²) in [6, 6.07) is 8.20. The lowest BCUT2D eigenvalue weighted by Crippen LogP contribution is -2.31. The Kier molecular flexibility index (Phi) is 6.03. The second-order valence-electron chi connectivity index (χ2n) is 7.00. The Balaban J connectivity index is 1.98. The van der Waals surface area contributed by atoms with Gasteiger partial charge in [-0.3, -0.25) is 0 Å². The minimum atomic E-state index is -0.448. The standard InChI is InChI=1S/C21H24N6OS/c1-5-29-17(10-22)18-26-19(27-28-18)21(4,13(2)3)16-8-6-14(7-9-16)15-11-24-20(23)25-12-15/h5-13H,1,22H2,2-4H3,(H2,23,24,25)/b17-10-. The number of rotatable bonds is 7. The zero-order valence-corrected chi connectivity index (χ0v) is 17.5. The van der Waals surface area contributed by atoms with Crippen molar-refractivity contribution in [3.8, 4) is 11.1 Å². The van der Waals surface area contributed by atoms with Crippen LogP contribution >= 0.6 is 11.8 Å². The molecule has 8 heteroatoms. The monoisotopic (exact) mass is 408 g/mol. The van der Waals surface area contributed by atoms with Crippen molar-refractivity contribution in [2.75, 3.05) is 5.73 Å². The molecule has 2 heterocycles. The molecule has 0 bridgehead atoms. The number of benzene rings is 1. The lowest BCUT2D eigenvalue weighted by Gasteiger charge is -2.31. The third kappa shape index (κ3) is 4.02. The first-order valence-corrected chi connectivity index (χ1v) is 10.0. The van der Waals surface area contributed by atoms with E-state index in [9.17, 15) is 0 Å². The smallest absolute Gasteiger partial charge is 0.266 e. The van der Waals surface area contributed by atoms with Crippen molar-refractivity contribution in [1.29, 1.82) is 0 Å². The van der Waals surface area contributed by atoms with Crippen molar-refractivity contribution in [3.05, 3.63) is 72.1 Å². The highest BCUT2D eigenvalue weighted by Gasteiger charge is 2.37. The lowest BCUT2D eigenvalue weighted by atomic mass is 9.72. The molecule has 0 saturated carbocycles. The molecule has 0 fully saturated rings. The number of nitrogens with zero attached hydrogens (tertiary/aromatic N) is 4. The Bertz CT molecular complexity index is 1010. The Morgan fingerprint density at radius 2 is 1.83 bits per heavy atom. The van der Waals surface area contributed by atoms with Crippen LogP contribution in [0.25, 0.3) is 16.0 Å². The van der Waals surface area contributed by atoms with E-state index in [1.807, 2.05) is 12.1 Å². The molecule has 4 N–H and O–H groups in total. The van der Waals surface area contributed by atoms with Crippen LogP contribution in [0.3, 0.4) is 0 Å². The Morgan fingerprint density at radius 1 is 1.17 bits per heavy atom. The Morgan fingerprint density at radius 3 is 2.38 bits per heavy atom. The van der Waals surface area contributed by atoms with Crippen LogP contribution in [0, 0.1) is 5.92 Å². The maximum absolute atomic E-state index is 5.68. The SMILES string of the molecule is C=CS/C(=C\N)c1nc(C(C)(c2ccc(-c3cnc(N)nc3)cc2)C(C)C)no1. The van der Waals surface area contributed by atoms with Gasteiger partial charge in [0.15, 0.2) is 5.82 Å². The number of hydrogen-bond donors (Lipinski definition) is 2. The maximum atomic E-state index is 5.68. The average molecular weight is 409 g/mol. The van der Waals surface area contributed by atoms with Crippen LogP contribution in [0.4, 0.5) is 5.95 Å². The zero-order valence-electron chi connectivity index (χ0n) is 16.7. The number of anilines is 1. The second-order valence-corrected chi connectivity index (χ2v) is 8.01. The summed E-state index contributed by atoms with van der Waals surface area (Å²) in [6.45, 7) is 10.1. The summed E-state index contributed by atoms with van der Waals surface area (Å²) in [6.07, 6.45) is 4.87. The fraction of sp³-hybridized carbons (Fsp3) is 0.238. The van der Waals surface area contributed by atoms with Crippen molar-refractivity contribution in [1.82, 2.24) is 20.1 Å². The van der Waals surface area contributed by atoms with Crippen molar-refractivity contribution in [2.45, 2.75) is 26.2 Å². The van der Waals surface area contributed by atoms with E-state index in [1.165, 1.54) is 18.0 Å². The van der Waals surface area contributed by atoms with Crippen molar-refractivity contribution < 1.29 is 4.52 Å². The van der Waals surface area contributed by atoms with Gasteiger partial charge in [-0.15, -0.1) is 0 Å². The third-order valence-electron chi connectivity index (χ3n) is 5.11. The molecule has 0 spiro atoms. The summed E-state index contributed by atoms with van der Waals surface area (Å²) in [4.78, 5) is 13.4. The highest BCUT2D eigenvalue weighted by Crippen LogP contribution is 2.39. The molecule has 0 amide bonds. The summed E-state index contributed by atoms with van der Waals surface area (Å²) >= 11 is 1.34. The molecule has 0 saturated heterocycles. The van der Waals surface area contributed by atoms with Crippen molar-refractivity contribution in [2.24, 2.45) is 11.7 Å². The van der Waals surface area contributed by atoms with E-state index in [0.717, 1.165) is 16.7 Å². The van der Waals surface area contributed by atoms with E-state index < -0.39 is 5.41 Å². The molecule has 29 heavy (non-hydrogen) atoms. The zero-order chi connectivity index (χ0) is 21.0. The number of nitrogen functional groups attached to an aromatic ring is 1. The first kappa shape index (κ1) is 20.6. The molecule has 7 nitrogen and oxygen atoms in total. The minimum Gasteiger partial charge on any atom is -0.404 e. The van der Waals surface area contributed by atoms with Gasteiger partial charge < -0.3 is 16.0 Å². The van der Waals surface area contributed by atoms with Crippen LogP contribution in [0.5, 0.6) is 0 Å². The number of aromatic nitrogens is 4. The molecule has 0 aliphatic rings. The highest BCUT2D eigenvalue weighted by molar-refractivity contribution is 8.10. The first-order chi connectivity index (χ1) is 13.9. The molecule has 3 rings (SSSR count). The summed E-state index contributed by atoms with van der Waals surface area (Å²) in [5, 5.41) is 5.93. The van der Waals surface area contributed by atoms with Gasteiger partial charge in [0.25, 0.3) is 5.89 Å². The maximum Gasteiger partial charge on any atom is 0.266 e. The van der Waals surface area contributed by atoms with Crippen LogP contribution < -0.4 is 11.5 Å². The van der Waals surface area contributed by atoms with Crippen LogP contribution in [0.2, 0.25) is 0 Å². The Hall–Kier alpha value is -3.13. The molecular weight excluding hydrogens is 384 g/mol. The van der Waals surface area contributed by atoms with E-state index in [2.05, 4.69) is 59.6 Å². The van der Waals surface area contributed by atoms with E-state index in [4.69, 9.17) is 16.0 Å². The molecule has 0 radical (unpaired) electrons. The fourth-order valence-electron chi connectivity index (χ4n) is 3.00. The Labute approximate surface area is 174 Å². The van der Waals surface area contributed by atoms with Gasteiger partial charge in [-0.25, -0.2) is 9.97 Å². The minimum absolute atomic E-state index is 0.219. The largest absolute Gasteiger partial charge is 0.404 e. The van der Waals surface area contributed by atoms with Gasteiger partial charge in [-0.05, 0) is 29.4 Å². The molecule has 1 unspecified atom stereocenters. The molecule has 1 atom stereocenters. The van der Waals surface area contributed by atoms with Crippen molar-refractivity contribution in [3.63, 3.8) is 0 Å². The number of thioether (sulfide) groups is 1. The van der Waals surface area contributed by atoms with Crippen LogP contribution in [0.15, 0.2) is 59.4 Å². The quantitative estimate of drug-likeness (QED) is 0.597. The van der Waals surface area contributed by atoms with Crippen LogP contribution in [0.1, 0.15) is 38.0 Å². The predicted octanol–water partition coefficient (Wildman–Crippen LogP) is 4.20. The van der Waals surface area contributed by atoms with E-state index in [-0.39, 0.29) is 11.9 Å². The van der Waals surface area contributed by atoms with Gasteiger partial charge in [0.05, 0.1) is 10.3 Å². The molecule has 1 aromatic carbocycles. The van der Waals surface area contributed by atoms with E-state index in [0.29, 0.717) is 16.6 Å². The van der Waals surface area contributed by atoms with Crippen LogP contribution in [-0.2, 0) is 5.41 Å². The van der Waals surface area contributed by atoms with E-state index in [1.54, 1.807) is 17.8 Å². The average Bonchev–Trinajstić information content (AvgIpc) is 3.22. The van der Waals surface area contributed by atoms with Gasteiger partial charge in [0.1, 0.15) is 0 Å². The molecular formula is C21H24N6OS. The fourth-order valence-corrected chi connectivity index (χ4v) is 3.44. The number of hydrogen-bond acceptors (Lipinski definition) is 8. The van der Waals surface area contributed by atoms with Gasteiger partial charge in [-0.2, -0.15) is 4.98 Å². The molecule has 2 aromatic heterocycles. The molecule has 0 aliphatic carbocycles. The predicted molar refractivity (Wildman–Crippen MR) is 117 cm³/mol. The van der Waals surface area contributed by atoms with Gasteiger partial charge >= 0.3 is 0 Å². The summed E-state index contributed by atoms with van der Waals surface area (Å²) < 4.78 is 5.49. The van der Waals surface area contributed by atoms with Crippen LogP contribution in [-0.4, -0.2) is 20.1 Å². The van der Waals surface area contributed by atoms with E-state index >= 15 is 0 Å². The summed E-state index contributed by atoms with van der Waals surface area (Å²) in [7, 11) is 0. The molecule has 150 valence electrons. The topological polar surface area (TPSA) is 117 Å². The normalized spacial score (nSPS) is 14.0. The van der Waals surface area contributed by atoms with Gasteiger partial charge in [0.2, 0.25) is 5.95 Å². The number of nitrogens with two attached hydrogens (primary N) is 2.